The van der Waals surface area contributed by atoms with Crippen LogP contribution in [-0.2, 0) is 9.47 Å². The molecule has 1 aliphatic rings. The summed E-state index contributed by atoms with van der Waals surface area (Å²) in [5, 5.41) is 32.3. The number of aromatic nitrogens is 2. The second-order valence-corrected chi connectivity index (χ2v) is 5.44. The summed E-state index contributed by atoms with van der Waals surface area (Å²) in [6.07, 6.45) is -4.10. The van der Waals surface area contributed by atoms with E-state index in [0.717, 1.165) is 11.5 Å². The van der Waals surface area contributed by atoms with E-state index in [-0.39, 0.29) is 0 Å². The highest BCUT2D eigenvalue weighted by Gasteiger charge is 2.44. The van der Waals surface area contributed by atoms with Crippen molar-refractivity contribution >= 4 is 32.6 Å². The number of methoxy groups -OCH3 is 1. The van der Waals surface area contributed by atoms with E-state index in [1.807, 2.05) is 0 Å². The zero-order chi connectivity index (χ0) is 14.0. The molecule has 0 spiro atoms. The van der Waals surface area contributed by atoms with Gasteiger partial charge in [-0.15, -0.1) is 0 Å². The first-order valence-corrected chi connectivity index (χ1v) is 7.04. The van der Waals surface area contributed by atoms with Crippen molar-refractivity contribution in [2.75, 3.05) is 19.0 Å². The van der Waals surface area contributed by atoms with Gasteiger partial charge in [0.1, 0.15) is 24.4 Å². The van der Waals surface area contributed by atoms with Crippen molar-refractivity contribution in [2.45, 2.75) is 30.6 Å². The minimum absolute atomic E-state index is 0.408. The second-order valence-electron chi connectivity index (χ2n) is 3.98. The number of ether oxygens (including phenoxy) is 2. The molecular weight excluding hydrogens is 342 g/mol. The first-order valence-electron chi connectivity index (χ1n) is 5.47. The van der Waals surface area contributed by atoms with Gasteiger partial charge in [-0.3, -0.25) is 0 Å². The molecule has 8 nitrogen and oxygen atoms in total. The van der Waals surface area contributed by atoms with Crippen LogP contribution in [-0.4, -0.2) is 69.0 Å². The number of aliphatic hydroxyl groups excluding tert-OH is 3. The normalized spacial score (nSPS) is 35.3. The average molecular weight is 356 g/mol. The van der Waals surface area contributed by atoms with Gasteiger partial charge in [0, 0.05) is 18.6 Å². The molecule has 0 aromatic carbocycles. The maximum atomic E-state index is 10.1. The van der Waals surface area contributed by atoms with Crippen molar-refractivity contribution in [3.63, 3.8) is 0 Å². The summed E-state index contributed by atoms with van der Waals surface area (Å²) >= 11 is 4.21. The molecule has 1 fully saturated rings. The van der Waals surface area contributed by atoms with Crippen molar-refractivity contribution < 1.29 is 24.8 Å². The van der Waals surface area contributed by atoms with Crippen LogP contribution in [0.15, 0.2) is 4.73 Å². The molecule has 1 saturated heterocycles. The van der Waals surface area contributed by atoms with E-state index in [2.05, 4.69) is 30.6 Å². The standard InChI is InChI=1S/C9H14BrN3O5S/c1-17-7-4(11-9-12-8(10)13-19-9)6(16)5(15)3(2-14)18-7/h3-7,14-16H,2H2,1H3,(H,11,12,13)/t3-,4-,5+,6-,7+/m1/s1. The molecule has 0 radical (unpaired) electrons. The van der Waals surface area contributed by atoms with Crippen LogP contribution in [0.5, 0.6) is 0 Å². The Morgan fingerprint density at radius 3 is 2.74 bits per heavy atom. The lowest BCUT2D eigenvalue weighted by Gasteiger charge is -2.41. The van der Waals surface area contributed by atoms with E-state index in [0.29, 0.717) is 9.87 Å². The topological polar surface area (TPSA) is 117 Å². The lowest BCUT2D eigenvalue weighted by molar-refractivity contribution is -0.254. The van der Waals surface area contributed by atoms with E-state index in [4.69, 9.17) is 14.6 Å². The minimum Gasteiger partial charge on any atom is -0.394 e. The number of anilines is 1. The summed E-state index contributed by atoms with van der Waals surface area (Å²) in [7, 11) is 1.41. The Morgan fingerprint density at radius 2 is 2.21 bits per heavy atom. The molecule has 19 heavy (non-hydrogen) atoms. The lowest BCUT2D eigenvalue weighted by Crippen LogP contribution is -2.61. The number of halogens is 1. The molecule has 1 aromatic rings. The summed E-state index contributed by atoms with van der Waals surface area (Å²) in [4.78, 5) is 4.03. The molecule has 0 saturated carbocycles. The summed E-state index contributed by atoms with van der Waals surface area (Å²) in [5.74, 6) is 0. The summed E-state index contributed by atoms with van der Waals surface area (Å²) in [6, 6.07) is -0.720. The lowest BCUT2D eigenvalue weighted by atomic mass is 9.97. The molecule has 0 unspecified atom stereocenters. The molecule has 5 atom stereocenters. The molecule has 2 rings (SSSR count). The van der Waals surface area contributed by atoms with Gasteiger partial charge >= 0.3 is 0 Å². The Balaban J connectivity index is 2.12. The third-order valence-electron chi connectivity index (χ3n) is 2.80. The fourth-order valence-corrected chi connectivity index (χ4v) is 2.87. The second kappa shape index (κ2) is 6.39. The maximum Gasteiger partial charge on any atom is 0.210 e. The SMILES string of the molecule is CO[C@H]1O[C@H](CO)[C@H](O)[C@H](O)[C@H]1Nc1nc(Br)ns1. The average Bonchev–Trinajstić information content (AvgIpc) is 2.81. The van der Waals surface area contributed by atoms with E-state index >= 15 is 0 Å². The van der Waals surface area contributed by atoms with Crippen LogP contribution in [0.4, 0.5) is 5.13 Å². The largest absolute Gasteiger partial charge is 0.394 e. The van der Waals surface area contributed by atoms with Crippen molar-refractivity contribution in [1.82, 2.24) is 9.36 Å². The van der Waals surface area contributed by atoms with Gasteiger partial charge in [-0.25, -0.2) is 0 Å². The Labute approximate surface area is 121 Å². The van der Waals surface area contributed by atoms with Crippen LogP contribution in [0.1, 0.15) is 0 Å². The molecule has 108 valence electrons. The first-order chi connectivity index (χ1) is 9.06. The van der Waals surface area contributed by atoms with E-state index in [1.165, 1.54) is 7.11 Å². The Hall–Kier alpha value is -0.360. The molecule has 0 aliphatic carbocycles. The van der Waals surface area contributed by atoms with E-state index < -0.39 is 37.3 Å². The molecule has 1 aliphatic heterocycles. The quantitative estimate of drug-likeness (QED) is 0.552. The third kappa shape index (κ3) is 3.21. The van der Waals surface area contributed by atoms with Crippen LogP contribution >= 0.6 is 27.5 Å². The van der Waals surface area contributed by atoms with Gasteiger partial charge in [-0.1, -0.05) is 0 Å². The van der Waals surface area contributed by atoms with Crippen molar-refractivity contribution in [3.8, 4) is 0 Å². The van der Waals surface area contributed by atoms with Gasteiger partial charge < -0.3 is 30.1 Å². The first kappa shape index (κ1) is 15.0. The number of nitrogens with one attached hydrogen (secondary N) is 1. The smallest absolute Gasteiger partial charge is 0.210 e. The van der Waals surface area contributed by atoms with E-state index in [9.17, 15) is 10.2 Å². The van der Waals surface area contributed by atoms with Gasteiger partial charge in [-0.05, 0) is 15.9 Å². The third-order valence-corrected chi connectivity index (χ3v) is 4.04. The predicted molar refractivity (Wildman–Crippen MR) is 69.8 cm³/mol. The number of aliphatic hydroxyl groups is 3. The monoisotopic (exact) mass is 355 g/mol. The highest BCUT2D eigenvalue weighted by Crippen LogP contribution is 2.25. The van der Waals surface area contributed by atoms with Crippen LogP contribution in [0, 0.1) is 0 Å². The number of hydrogen-bond acceptors (Lipinski definition) is 9. The molecule has 2 heterocycles. The highest BCUT2D eigenvalue weighted by atomic mass is 79.9. The fraction of sp³-hybridized carbons (Fsp3) is 0.778. The zero-order valence-electron chi connectivity index (χ0n) is 9.93. The summed E-state index contributed by atoms with van der Waals surface area (Å²) < 4.78 is 14.8. The number of hydrogen-bond donors (Lipinski definition) is 4. The summed E-state index contributed by atoms with van der Waals surface area (Å²) in [6.45, 7) is -0.408. The van der Waals surface area contributed by atoms with Gasteiger partial charge in [0.15, 0.2) is 6.29 Å². The molecule has 0 amide bonds. The van der Waals surface area contributed by atoms with Crippen LogP contribution in [0.2, 0.25) is 0 Å². The van der Waals surface area contributed by atoms with Gasteiger partial charge in [0.25, 0.3) is 0 Å². The van der Waals surface area contributed by atoms with Crippen molar-refractivity contribution in [2.24, 2.45) is 0 Å². The maximum absolute atomic E-state index is 10.1. The Bertz CT molecular complexity index is 420. The fourth-order valence-electron chi connectivity index (χ4n) is 1.84. The van der Waals surface area contributed by atoms with Crippen LogP contribution in [0.3, 0.4) is 0 Å². The zero-order valence-corrected chi connectivity index (χ0v) is 12.3. The molecule has 0 bridgehead atoms. The Morgan fingerprint density at radius 1 is 1.47 bits per heavy atom. The Kier molecular flexibility index (Phi) is 5.06. The van der Waals surface area contributed by atoms with Gasteiger partial charge in [0.05, 0.1) is 6.61 Å². The molecular formula is C9H14BrN3O5S. The van der Waals surface area contributed by atoms with Crippen LogP contribution < -0.4 is 5.32 Å². The summed E-state index contributed by atoms with van der Waals surface area (Å²) in [5.41, 5.74) is 0. The predicted octanol–water partition coefficient (Wildman–Crippen LogP) is -0.834. The van der Waals surface area contributed by atoms with Gasteiger partial charge in [-0.2, -0.15) is 9.36 Å². The van der Waals surface area contributed by atoms with Crippen molar-refractivity contribution in [1.29, 1.82) is 0 Å². The van der Waals surface area contributed by atoms with E-state index in [1.54, 1.807) is 0 Å². The van der Waals surface area contributed by atoms with Crippen LogP contribution in [0.25, 0.3) is 0 Å². The highest BCUT2D eigenvalue weighted by molar-refractivity contribution is 9.10. The van der Waals surface area contributed by atoms with Crippen molar-refractivity contribution in [3.05, 3.63) is 4.73 Å². The molecule has 4 N–H and O–H groups in total. The van der Waals surface area contributed by atoms with Gasteiger partial charge in [0.2, 0.25) is 9.87 Å². The molecule has 10 heteroatoms. The number of rotatable bonds is 4. The minimum atomic E-state index is -1.22. The number of nitrogens with zero attached hydrogens (tertiary/aromatic N) is 2. The molecule has 1 aromatic heterocycles.